The van der Waals surface area contributed by atoms with Gasteiger partial charge in [-0.3, -0.25) is 4.68 Å². The zero-order valence-corrected chi connectivity index (χ0v) is 13.5. The van der Waals surface area contributed by atoms with Crippen molar-refractivity contribution >= 4 is 11.3 Å². The van der Waals surface area contributed by atoms with E-state index in [0.717, 1.165) is 26.1 Å². The monoisotopic (exact) mass is 309 g/mol. The molecule has 0 saturated heterocycles. The molecule has 112 valence electrons. The predicted octanol–water partition coefficient (Wildman–Crippen LogP) is 3.65. The van der Waals surface area contributed by atoms with Crippen molar-refractivity contribution in [3.63, 3.8) is 0 Å². The van der Waals surface area contributed by atoms with Crippen molar-refractivity contribution in [2.75, 3.05) is 13.6 Å². The summed E-state index contributed by atoms with van der Waals surface area (Å²) in [6, 6.07) is 14.9. The summed E-state index contributed by atoms with van der Waals surface area (Å²) in [6.07, 6.45) is 1.08. The average Bonchev–Trinajstić information content (AvgIpc) is 3.16. The van der Waals surface area contributed by atoms with Crippen molar-refractivity contribution in [3.8, 4) is 10.6 Å². The Morgan fingerprint density at radius 3 is 2.77 bits per heavy atom. The maximum Gasteiger partial charge on any atom is 0.107 e. The van der Waals surface area contributed by atoms with Gasteiger partial charge in [-0.15, -0.1) is 11.3 Å². The number of rotatable bonds is 3. The molecule has 4 rings (SSSR count). The second kappa shape index (κ2) is 5.71. The van der Waals surface area contributed by atoms with Crippen molar-refractivity contribution in [1.82, 2.24) is 14.7 Å². The minimum Gasteiger partial charge on any atom is -0.302 e. The zero-order valence-electron chi connectivity index (χ0n) is 12.7. The Morgan fingerprint density at radius 2 is 2.00 bits per heavy atom. The van der Waals surface area contributed by atoms with Gasteiger partial charge in [0.2, 0.25) is 0 Å². The lowest BCUT2D eigenvalue weighted by atomic mass is 10.0. The Balaban J connectivity index is 1.77. The summed E-state index contributed by atoms with van der Waals surface area (Å²) in [4.78, 5) is 3.66. The van der Waals surface area contributed by atoms with E-state index in [1.165, 1.54) is 27.4 Å². The first-order valence-corrected chi connectivity index (χ1v) is 8.54. The van der Waals surface area contributed by atoms with Crippen LogP contribution >= 0.6 is 11.3 Å². The summed E-state index contributed by atoms with van der Waals surface area (Å²) in [5.41, 5.74) is 5.30. The molecule has 0 saturated carbocycles. The molecule has 3 heterocycles. The Bertz CT molecular complexity index is 759. The number of aromatic nitrogens is 2. The summed E-state index contributed by atoms with van der Waals surface area (Å²) < 4.78 is 2.22. The molecule has 1 aromatic carbocycles. The molecule has 0 amide bonds. The molecule has 0 aliphatic carbocycles. The van der Waals surface area contributed by atoms with E-state index in [2.05, 4.69) is 64.5 Å². The topological polar surface area (TPSA) is 21.1 Å². The molecule has 0 N–H and O–H groups in total. The molecule has 0 fully saturated rings. The second-order valence-corrected chi connectivity index (χ2v) is 6.83. The molecule has 22 heavy (non-hydrogen) atoms. The highest BCUT2D eigenvalue weighted by Gasteiger charge is 2.24. The van der Waals surface area contributed by atoms with Gasteiger partial charge in [0.15, 0.2) is 0 Å². The van der Waals surface area contributed by atoms with E-state index >= 15 is 0 Å². The van der Waals surface area contributed by atoms with Crippen LogP contribution in [-0.4, -0.2) is 28.3 Å². The summed E-state index contributed by atoms with van der Waals surface area (Å²) in [5, 5.41) is 7.09. The number of thiophene rings is 1. The molecule has 2 aromatic heterocycles. The maximum atomic E-state index is 4.96. The van der Waals surface area contributed by atoms with E-state index in [1.54, 1.807) is 11.3 Å². The first-order valence-electron chi connectivity index (χ1n) is 7.66. The molecule has 3 nitrogen and oxygen atoms in total. The van der Waals surface area contributed by atoms with Gasteiger partial charge in [0.05, 0.1) is 11.4 Å². The predicted molar refractivity (Wildman–Crippen MR) is 91.1 cm³/mol. The maximum absolute atomic E-state index is 4.96. The average molecular weight is 309 g/mol. The van der Waals surface area contributed by atoms with Crippen LogP contribution in [0, 0.1) is 0 Å². The van der Waals surface area contributed by atoms with E-state index in [-0.39, 0.29) is 0 Å². The Hall–Kier alpha value is -1.91. The van der Waals surface area contributed by atoms with Crippen LogP contribution in [0.25, 0.3) is 10.6 Å². The van der Waals surface area contributed by atoms with Gasteiger partial charge in [0.25, 0.3) is 0 Å². The standard InChI is InChI=1S/C18H19N3S/c1-20-10-9-16-15(13-20)18(17-8-5-11-22-17)19-21(16)12-14-6-3-2-4-7-14/h2-8,11H,9-10,12-13H2,1H3. The van der Waals surface area contributed by atoms with Gasteiger partial charge < -0.3 is 4.90 Å². The third-order valence-electron chi connectivity index (χ3n) is 4.25. The summed E-state index contributed by atoms with van der Waals surface area (Å²) >= 11 is 1.78. The van der Waals surface area contributed by atoms with Gasteiger partial charge in [-0.05, 0) is 24.1 Å². The van der Waals surface area contributed by atoms with Crippen LogP contribution in [0.2, 0.25) is 0 Å². The van der Waals surface area contributed by atoms with Crippen LogP contribution in [0.15, 0.2) is 47.8 Å². The first kappa shape index (κ1) is 13.7. The molecule has 3 aromatic rings. The highest BCUT2D eigenvalue weighted by molar-refractivity contribution is 7.13. The number of fused-ring (bicyclic) bond motifs is 1. The van der Waals surface area contributed by atoms with E-state index in [1.807, 2.05) is 0 Å². The van der Waals surface area contributed by atoms with Crippen molar-refractivity contribution in [1.29, 1.82) is 0 Å². The molecule has 4 heteroatoms. The summed E-state index contributed by atoms with van der Waals surface area (Å²) in [5.74, 6) is 0. The van der Waals surface area contributed by atoms with Crippen molar-refractivity contribution in [2.45, 2.75) is 19.5 Å². The number of nitrogens with zero attached hydrogens (tertiary/aromatic N) is 3. The fraction of sp³-hybridized carbons (Fsp3) is 0.278. The van der Waals surface area contributed by atoms with E-state index in [0.29, 0.717) is 0 Å². The van der Waals surface area contributed by atoms with Gasteiger partial charge in [-0.2, -0.15) is 5.10 Å². The molecule has 0 spiro atoms. The molecule has 0 radical (unpaired) electrons. The molecule has 0 bridgehead atoms. The van der Waals surface area contributed by atoms with Gasteiger partial charge in [-0.25, -0.2) is 0 Å². The highest BCUT2D eigenvalue weighted by atomic mass is 32.1. The molecular weight excluding hydrogens is 290 g/mol. The molecule has 0 atom stereocenters. The first-order chi connectivity index (χ1) is 10.8. The largest absolute Gasteiger partial charge is 0.302 e. The fourth-order valence-corrected chi connectivity index (χ4v) is 3.86. The Labute approximate surface area is 134 Å². The Kier molecular flexibility index (Phi) is 3.56. The fourth-order valence-electron chi connectivity index (χ4n) is 3.12. The highest BCUT2D eigenvalue weighted by Crippen LogP contribution is 2.32. The second-order valence-electron chi connectivity index (χ2n) is 5.88. The van der Waals surface area contributed by atoms with Crippen molar-refractivity contribution in [2.24, 2.45) is 0 Å². The third kappa shape index (κ3) is 2.49. The minimum absolute atomic E-state index is 0.859. The SMILES string of the molecule is CN1CCc2c(c(-c3cccs3)nn2Cc2ccccc2)C1. The summed E-state index contributed by atoms with van der Waals surface area (Å²) in [7, 11) is 2.19. The van der Waals surface area contributed by atoms with Gasteiger partial charge in [0.1, 0.15) is 5.69 Å². The third-order valence-corrected chi connectivity index (χ3v) is 5.13. The summed E-state index contributed by atoms with van der Waals surface area (Å²) in [6.45, 7) is 2.97. The van der Waals surface area contributed by atoms with Crippen LogP contribution in [0.5, 0.6) is 0 Å². The molecule has 1 aliphatic heterocycles. The zero-order chi connectivity index (χ0) is 14.9. The smallest absolute Gasteiger partial charge is 0.107 e. The van der Waals surface area contributed by atoms with E-state index < -0.39 is 0 Å². The Morgan fingerprint density at radius 1 is 1.14 bits per heavy atom. The van der Waals surface area contributed by atoms with Crippen LogP contribution < -0.4 is 0 Å². The minimum atomic E-state index is 0.859. The quantitative estimate of drug-likeness (QED) is 0.736. The lowest BCUT2D eigenvalue weighted by Gasteiger charge is -2.23. The van der Waals surface area contributed by atoms with E-state index in [4.69, 9.17) is 5.10 Å². The molecule has 0 unspecified atom stereocenters. The van der Waals surface area contributed by atoms with Crippen LogP contribution in [0.3, 0.4) is 0 Å². The number of hydrogen-bond donors (Lipinski definition) is 0. The lowest BCUT2D eigenvalue weighted by molar-refractivity contribution is 0.308. The number of likely N-dealkylation sites (N-methyl/N-ethyl adjacent to an activating group) is 1. The molecular formula is C18H19N3S. The van der Waals surface area contributed by atoms with Crippen LogP contribution in [0.1, 0.15) is 16.8 Å². The van der Waals surface area contributed by atoms with Gasteiger partial charge in [-0.1, -0.05) is 36.4 Å². The number of hydrogen-bond acceptors (Lipinski definition) is 3. The molecule has 1 aliphatic rings. The van der Waals surface area contributed by atoms with Gasteiger partial charge in [0, 0.05) is 30.8 Å². The lowest BCUT2D eigenvalue weighted by Crippen LogP contribution is -2.27. The van der Waals surface area contributed by atoms with Gasteiger partial charge >= 0.3 is 0 Å². The van der Waals surface area contributed by atoms with Crippen molar-refractivity contribution in [3.05, 3.63) is 64.7 Å². The number of benzene rings is 1. The van der Waals surface area contributed by atoms with E-state index in [9.17, 15) is 0 Å². The normalized spacial score (nSPS) is 15.0. The van der Waals surface area contributed by atoms with Crippen LogP contribution in [0.4, 0.5) is 0 Å². The van der Waals surface area contributed by atoms with Crippen molar-refractivity contribution < 1.29 is 0 Å². The van der Waals surface area contributed by atoms with Crippen LogP contribution in [-0.2, 0) is 19.5 Å².